The predicted octanol–water partition coefficient (Wildman–Crippen LogP) is 6.09. The lowest BCUT2D eigenvalue weighted by Crippen LogP contribution is -2.18. The van der Waals surface area contributed by atoms with Gasteiger partial charge in [-0.15, -0.1) is 0 Å². The van der Waals surface area contributed by atoms with Crippen LogP contribution in [0.5, 0.6) is 0 Å². The van der Waals surface area contributed by atoms with Crippen LogP contribution in [0.3, 0.4) is 0 Å². The number of alkyl halides is 3. The molecule has 0 aliphatic carbocycles. The Morgan fingerprint density at radius 2 is 1.91 bits per heavy atom. The molecule has 0 fully saturated rings. The van der Waals surface area contributed by atoms with Gasteiger partial charge in [-0.05, 0) is 36.4 Å². The van der Waals surface area contributed by atoms with E-state index in [-0.39, 0.29) is 22.1 Å². The molecule has 2 aromatic carbocycles. The van der Waals surface area contributed by atoms with Crippen molar-refractivity contribution in [3.63, 3.8) is 0 Å². The van der Waals surface area contributed by atoms with Gasteiger partial charge in [0.1, 0.15) is 18.5 Å². The standard InChI is InChI=1S/C22H15Cl2F3N4O3S/c1-34-30-20(15-3-2-4-18-14(15)7-8-28-18)21-19(9-12(23)11-29-21)31-35(32,33)13-5-6-17(24)16(10-13)22(25,26)27/h2-11,28,31H,1H3. The lowest BCUT2D eigenvalue weighted by Gasteiger charge is -2.15. The molecule has 0 saturated heterocycles. The fourth-order valence-electron chi connectivity index (χ4n) is 3.40. The minimum Gasteiger partial charge on any atom is -0.399 e. The molecule has 2 N–H and O–H groups in total. The molecule has 4 rings (SSSR count). The van der Waals surface area contributed by atoms with Crippen molar-refractivity contribution in [1.29, 1.82) is 0 Å². The van der Waals surface area contributed by atoms with E-state index in [9.17, 15) is 21.6 Å². The number of rotatable bonds is 6. The Kier molecular flexibility index (Phi) is 6.67. The average Bonchev–Trinajstić information content (AvgIpc) is 3.26. The van der Waals surface area contributed by atoms with Crippen LogP contribution in [-0.2, 0) is 21.0 Å². The van der Waals surface area contributed by atoms with E-state index in [2.05, 4.69) is 19.8 Å². The highest BCUT2D eigenvalue weighted by Crippen LogP contribution is 2.36. The highest BCUT2D eigenvalue weighted by molar-refractivity contribution is 7.92. The van der Waals surface area contributed by atoms with Gasteiger partial charge in [0, 0.05) is 28.9 Å². The average molecular weight is 543 g/mol. The Morgan fingerprint density at radius 1 is 1.14 bits per heavy atom. The van der Waals surface area contributed by atoms with Crippen molar-refractivity contribution in [3.05, 3.63) is 87.8 Å². The van der Waals surface area contributed by atoms with Crippen LogP contribution >= 0.6 is 23.2 Å². The Hall–Kier alpha value is -3.28. The third-order valence-corrected chi connectivity index (χ3v) is 6.81. The molecule has 4 aromatic rings. The van der Waals surface area contributed by atoms with E-state index in [1.165, 1.54) is 19.4 Å². The van der Waals surface area contributed by atoms with Crippen LogP contribution in [-0.4, -0.2) is 31.2 Å². The maximum Gasteiger partial charge on any atom is 0.417 e. The fraction of sp³-hybridized carbons (Fsp3) is 0.0909. The summed E-state index contributed by atoms with van der Waals surface area (Å²) >= 11 is 11.7. The van der Waals surface area contributed by atoms with E-state index in [4.69, 9.17) is 28.0 Å². The number of H-pyrrole nitrogens is 1. The lowest BCUT2D eigenvalue weighted by atomic mass is 10.0. The molecule has 0 aliphatic heterocycles. The molecule has 182 valence electrons. The molecule has 0 saturated carbocycles. The van der Waals surface area contributed by atoms with Crippen molar-refractivity contribution >= 4 is 55.5 Å². The number of nitrogens with zero attached hydrogens (tertiary/aromatic N) is 2. The Bertz CT molecular complexity index is 1550. The number of hydrogen-bond donors (Lipinski definition) is 2. The SMILES string of the molecule is CON=C(c1ncc(Cl)cc1NS(=O)(=O)c1ccc(Cl)c(C(F)(F)F)c1)c1cccc2[nH]ccc12. The zero-order chi connectivity index (χ0) is 25.4. The van der Waals surface area contributed by atoms with E-state index in [1.54, 1.807) is 24.4 Å². The van der Waals surface area contributed by atoms with Gasteiger partial charge < -0.3 is 9.82 Å². The summed E-state index contributed by atoms with van der Waals surface area (Å²) in [7, 11) is -3.21. The highest BCUT2D eigenvalue weighted by atomic mass is 35.5. The van der Waals surface area contributed by atoms with Gasteiger partial charge in [-0.3, -0.25) is 9.71 Å². The second kappa shape index (κ2) is 9.40. The van der Waals surface area contributed by atoms with E-state index >= 15 is 0 Å². The number of pyridine rings is 1. The number of benzene rings is 2. The van der Waals surface area contributed by atoms with Crippen LogP contribution in [0.4, 0.5) is 18.9 Å². The van der Waals surface area contributed by atoms with Gasteiger partial charge in [-0.2, -0.15) is 13.2 Å². The van der Waals surface area contributed by atoms with Gasteiger partial charge in [-0.1, -0.05) is 40.5 Å². The predicted molar refractivity (Wildman–Crippen MR) is 127 cm³/mol. The van der Waals surface area contributed by atoms with Gasteiger partial charge in [0.05, 0.1) is 26.2 Å². The van der Waals surface area contributed by atoms with Gasteiger partial charge in [0.25, 0.3) is 10.0 Å². The number of anilines is 1. The van der Waals surface area contributed by atoms with Crippen molar-refractivity contribution in [3.8, 4) is 0 Å². The molecule has 0 spiro atoms. The number of oxime groups is 1. The molecular formula is C22H15Cl2F3N4O3S. The number of hydrogen-bond acceptors (Lipinski definition) is 5. The van der Waals surface area contributed by atoms with Crippen molar-refractivity contribution in [2.24, 2.45) is 5.16 Å². The van der Waals surface area contributed by atoms with Crippen LogP contribution in [0.15, 0.2) is 71.0 Å². The monoisotopic (exact) mass is 542 g/mol. The zero-order valence-electron chi connectivity index (χ0n) is 17.7. The molecule has 2 heterocycles. The second-order valence-corrected chi connectivity index (χ2v) is 9.69. The van der Waals surface area contributed by atoms with Gasteiger partial charge in [0.15, 0.2) is 0 Å². The number of fused-ring (bicyclic) bond motifs is 1. The van der Waals surface area contributed by atoms with E-state index in [0.29, 0.717) is 11.6 Å². The number of aromatic amines is 1. The van der Waals surface area contributed by atoms with Crippen molar-refractivity contribution in [2.45, 2.75) is 11.1 Å². The number of aromatic nitrogens is 2. The first-order valence-electron chi connectivity index (χ1n) is 9.74. The summed E-state index contributed by atoms with van der Waals surface area (Å²) in [5.74, 6) is 0. The normalized spacial score (nSPS) is 12.7. The van der Waals surface area contributed by atoms with Crippen molar-refractivity contribution < 1.29 is 26.4 Å². The van der Waals surface area contributed by atoms with Crippen LogP contribution in [0.25, 0.3) is 10.9 Å². The minimum absolute atomic E-state index is 0.0403. The molecule has 13 heteroatoms. The molecule has 0 bridgehead atoms. The molecule has 2 aromatic heterocycles. The van der Waals surface area contributed by atoms with Gasteiger partial charge in [-0.25, -0.2) is 8.42 Å². The largest absolute Gasteiger partial charge is 0.417 e. The van der Waals surface area contributed by atoms with Crippen LogP contribution < -0.4 is 4.72 Å². The molecular weight excluding hydrogens is 528 g/mol. The Labute approximate surface area is 207 Å². The number of halogens is 5. The minimum atomic E-state index is -4.85. The van der Waals surface area contributed by atoms with Gasteiger partial charge in [0.2, 0.25) is 0 Å². The number of sulfonamides is 1. The third-order valence-electron chi connectivity index (χ3n) is 4.91. The summed E-state index contributed by atoms with van der Waals surface area (Å²) in [4.78, 5) is 11.6. The van der Waals surface area contributed by atoms with Crippen LogP contribution in [0, 0.1) is 0 Å². The van der Waals surface area contributed by atoms with Crippen LogP contribution in [0.2, 0.25) is 10.0 Å². The Morgan fingerprint density at radius 3 is 2.63 bits per heavy atom. The van der Waals surface area contributed by atoms with Gasteiger partial charge >= 0.3 is 6.18 Å². The topological polar surface area (TPSA) is 96.4 Å². The Balaban J connectivity index is 1.84. The molecule has 35 heavy (non-hydrogen) atoms. The lowest BCUT2D eigenvalue weighted by molar-refractivity contribution is -0.137. The van der Waals surface area contributed by atoms with Crippen LogP contribution in [0.1, 0.15) is 16.8 Å². The smallest absolute Gasteiger partial charge is 0.399 e. The molecule has 7 nitrogen and oxygen atoms in total. The quantitative estimate of drug-likeness (QED) is 0.227. The molecule has 0 atom stereocenters. The van der Waals surface area contributed by atoms with E-state index in [0.717, 1.165) is 23.0 Å². The summed E-state index contributed by atoms with van der Waals surface area (Å²) in [5.41, 5.74) is 0.143. The van der Waals surface area contributed by atoms with E-state index < -0.39 is 31.7 Å². The molecule has 0 unspecified atom stereocenters. The first-order chi connectivity index (χ1) is 16.5. The maximum absolute atomic E-state index is 13.3. The maximum atomic E-state index is 13.3. The first-order valence-corrected chi connectivity index (χ1v) is 12.0. The summed E-state index contributed by atoms with van der Waals surface area (Å²) < 4.78 is 68.3. The first kappa shape index (κ1) is 24.8. The van der Waals surface area contributed by atoms with Crippen molar-refractivity contribution in [2.75, 3.05) is 11.8 Å². The zero-order valence-corrected chi connectivity index (χ0v) is 20.0. The summed E-state index contributed by atoms with van der Waals surface area (Å²) in [6.45, 7) is 0. The third kappa shape index (κ3) is 5.07. The summed E-state index contributed by atoms with van der Waals surface area (Å²) in [6.07, 6.45) is -1.85. The molecule has 0 amide bonds. The van der Waals surface area contributed by atoms with Crippen molar-refractivity contribution in [1.82, 2.24) is 9.97 Å². The summed E-state index contributed by atoms with van der Waals surface area (Å²) in [6, 6.07) is 10.7. The second-order valence-electron chi connectivity index (χ2n) is 7.16. The highest BCUT2D eigenvalue weighted by Gasteiger charge is 2.34. The molecule has 0 radical (unpaired) electrons. The fourth-order valence-corrected chi connectivity index (χ4v) is 4.87. The molecule has 0 aliphatic rings. The number of nitrogens with one attached hydrogen (secondary N) is 2. The van der Waals surface area contributed by atoms with E-state index in [1.807, 2.05) is 6.07 Å². The summed E-state index contributed by atoms with van der Waals surface area (Å²) in [5, 5.41) is 4.24.